The lowest BCUT2D eigenvalue weighted by molar-refractivity contribution is 0.159. The number of pyridine rings is 2. The molecule has 202 valence electrons. The van der Waals surface area contributed by atoms with Crippen molar-refractivity contribution in [2.45, 2.75) is 51.7 Å². The number of hydrogen-bond donors (Lipinski definition) is 3. The molecular formula is C27H31FN10O. The van der Waals surface area contributed by atoms with Crippen molar-refractivity contribution in [3.63, 3.8) is 0 Å². The van der Waals surface area contributed by atoms with Crippen molar-refractivity contribution < 1.29 is 9.18 Å². The van der Waals surface area contributed by atoms with Gasteiger partial charge >= 0.3 is 6.03 Å². The molecule has 6 heterocycles. The Bertz CT molecular complexity index is 1470. The van der Waals surface area contributed by atoms with Crippen LogP contribution in [0.5, 0.6) is 0 Å². The van der Waals surface area contributed by atoms with Gasteiger partial charge < -0.3 is 20.4 Å². The smallest absolute Gasteiger partial charge is 0.318 e. The van der Waals surface area contributed by atoms with Crippen LogP contribution in [-0.2, 0) is 0 Å². The maximum absolute atomic E-state index is 13.4. The molecule has 3 N–H and O–H groups in total. The van der Waals surface area contributed by atoms with E-state index in [4.69, 9.17) is 4.98 Å². The average molecular weight is 531 g/mol. The third-order valence-electron chi connectivity index (χ3n) is 7.36. The van der Waals surface area contributed by atoms with Crippen LogP contribution in [0, 0.1) is 19.7 Å². The number of carbonyl (C=O) groups is 1. The second kappa shape index (κ2) is 10.0. The van der Waals surface area contributed by atoms with E-state index in [0.29, 0.717) is 5.82 Å². The summed E-state index contributed by atoms with van der Waals surface area (Å²) in [5.41, 5.74) is 2.94. The van der Waals surface area contributed by atoms with Crippen molar-refractivity contribution in [3.8, 4) is 5.82 Å². The predicted molar refractivity (Wildman–Crippen MR) is 145 cm³/mol. The van der Waals surface area contributed by atoms with Crippen LogP contribution in [-0.4, -0.2) is 66.1 Å². The fourth-order valence-corrected chi connectivity index (χ4v) is 5.47. The molecule has 0 saturated carbocycles. The number of halogens is 1. The van der Waals surface area contributed by atoms with E-state index < -0.39 is 5.82 Å². The van der Waals surface area contributed by atoms with Gasteiger partial charge in [0, 0.05) is 31.0 Å². The minimum atomic E-state index is -0.421. The van der Waals surface area contributed by atoms with Gasteiger partial charge in [-0.05, 0) is 62.9 Å². The summed E-state index contributed by atoms with van der Waals surface area (Å²) in [4.78, 5) is 26.9. The van der Waals surface area contributed by atoms with Gasteiger partial charge in [-0.15, -0.1) is 0 Å². The Morgan fingerprint density at radius 3 is 2.51 bits per heavy atom. The third-order valence-corrected chi connectivity index (χ3v) is 7.36. The SMILES string of the molecule is Cc1cc(Nc2cc(C)[nH]n2)nc(N2C[C@H]3CC[C@@H](C2)N3C(=O)N[C@@H](C)c2ccc(-n3cc(F)cn3)nc2)c1. The molecule has 39 heavy (non-hydrogen) atoms. The van der Waals surface area contributed by atoms with Crippen molar-refractivity contribution in [1.82, 2.24) is 40.2 Å². The zero-order chi connectivity index (χ0) is 27.1. The highest BCUT2D eigenvalue weighted by Crippen LogP contribution is 2.33. The number of anilines is 3. The average Bonchev–Trinajstić information content (AvgIpc) is 3.60. The summed E-state index contributed by atoms with van der Waals surface area (Å²) in [6.07, 6.45) is 6.02. The minimum absolute atomic E-state index is 0.0682. The van der Waals surface area contributed by atoms with Crippen molar-refractivity contribution >= 4 is 23.5 Å². The van der Waals surface area contributed by atoms with Crippen molar-refractivity contribution in [3.05, 3.63) is 71.6 Å². The number of aromatic nitrogens is 6. The van der Waals surface area contributed by atoms with Gasteiger partial charge in [0.15, 0.2) is 17.5 Å². The van der Waals surface area contributed by atoms with Crippen LogP contribution < -0.4 is 15.5 Å². The summed E-state index contributed by atoms with van der Waals surface area (Å²) in [5.74, 6) is 2.47. The number of aromatic amines is 1. The number of urea groups is 1. The van der Waals surface area contributed by atoms with Crippen molar-refractivity contribution in [2.75, 3.05) is 23.3 Å². The maximum atomic E-state index is 13.4. The monoisotopic (exact) mass is 530 g/mol. The normalized spacial score (nSPS) is 19.3. The second-order valence-corrected chi connectivity index (χ2v) is 10.4. The molecule has 2 amide bonds. The quantitative estimate of drug-likeness (QED) is 0.345. The van der Waals surface area contributed by atoms with E-state index in [0.717, 1.165) is 66.4 Å². The van der Waals surface area contributed by atoms with Gasteiger partial charge in [-0.2, -0.15) is 10.2 Å². The van der Waals surface area contributed by atoms with E-state index >= 15 is 0 Å². The first-order chi connectivity index (χ1) is 18.8. The van der Waals surface area contributed by atoms with E-state index in [2.05, 4.69) is 48.8 Å². The molecule has 4 aromatic heterocycles. The molecule has 3 atom stereocenters. The van der Waals surface area contributed by atoms with E-state index in [1.165, 1.54) is 10.9 Å². The fraction of sp³-hybridized carbons (Fsp3) is 0.370. The van der Waals surface area contributed by atoms with Gasteiger partial charge in [-0.25, -0.2) is 23.8 Å². The molecular weight excluding hydrogens is 499 g/mol. The number of rotatable bonds is 6. The Morgan fingerprint density at radius 1 is 1.08 bits per heavy atom. The molecule has 2 aliphatic heterocycles. The molecule has 6 rings (SSSR count). The topological polar surface area (TPSA) is 120 Å². The minimum Gasteiger partial charge on any atom is -0.352 e. The lowest BCUT2D eigenvalue weighted by Gasteiger charge is -2.42. The number of nitrogens with zero attached hydrogens (tertiary/aromatic N) is 7. The Morgan fingerprint density at radius 2 is 1.87 bits per heavy atom. The van der Waals surface area contributed by atoms with Gasteiger partial charge in [0.05, 0.1) is 30.5 Å². The van der Waals surface area contributed by atoms with Crippen LogP contribution in [0.4, 0.5) is 26.6 Å². The Hall–Kier alpha value is -4.48. The summed E-state index contributed by atoms with van der Waals surface area (Å²) >= 11 is 0. The molecule has 4 aromatic rings. The van der Waals surface area contributed by atoms with Crippen molar-refractivity contribution in [2.24, 2.45) is 0 Å². The number of amides is 2. The highest BCUT2D eigenvalue weighted by molar-refractivity contribution is 5.76. The number of piperazine rings is 1. The number of fused-ring (bicyclic) bond motifs is 2. The van der Waals surface area contributed by atoms with Gasteiger partial charge in [0.2, 0.25) is 0 Å². The molecule has 11 nitrogen and oxygen atoms in total. The van der Waals surface area contributed by atoms with E-state index in [9.17, 15) is 9.18 Å². The van der Waals surface area contributed by atoms with E-state index in [-0.39, 0.29) is 24.2 Å². The molecule has 0 aromatic carbocycles. The third kappa shape index (κ3) is 5.14. The number of aryl methyl sites for hydroxylation is 2. The Kier molecular flexibility index (Phi) is 6.37. The molecule has 2 saturated heterocycles. The van der Waals surface area contributed by atoms with Gasteiger partial charge in [-0.3, -0.25) is 5.10 Å². The van der Waals surface area contributed by atoms with Gasteiger partial charge in [0.1, 0.15) is 11.6 Å². The van der Waals surface area contributed by atoms with E-state index in [1.54, 1.807) is 12.3 Å². The number of H-pyrrole nitrogens is 1. The molecule has 0 aliphatic carbocycles. The van der Waals surface area contributed by atoms with Crippen LogP contribution in [0.25, 0.3) is 5.82 Å². The lowest BCUT2D eigenvalue weighted by Crippen LogP contribution is -2.58. The first kappa shape index (κ1) is 24.8. The summed E-state index contributed by atoms with van der Waals surface area (Å²) in [7, 11) is 0. The van der Waals surface area contributed by atoms with Gasteiger partial charge in [0.25, 0.3) is 0 Å². The zero-order valence-corrected chi connectivity index (χ0v) is 22.1. The zero-order valence-electron chi connectivity index (χ0n) is 22.1. The van der Waals surface area contributed by atoms with Crippen molar-refractivity contribution in [1.29, 1.82) is 0 Å². The highest BCUT2D eigenvalue weighted by Gasteiger charge is 2.43. The lowest BCUT2D eigenvalue weighted by atomic mass is 10.1. The standard InChI is InChI=1S/C27H31FN10O/c1-16-8-23(32-24-10-17(2)34-35-24)33-26(9-16)36-14-21-5-6-22(15-36)38(21)27(39)31-18(3)19-4-7-25(29-11-19)37-13-20(28)12-30-37/h4,7-13,18,21-22H,5-6,14-15H2,1-3H3,(H,31,39)(H2,32,33,34,35)/t18-,21-,22+/m0/s1. The summed E-state index contributed by atoms with van der Waals surface area (Å²) in [6, 6.07) is 9.58. The molecule has 2 bridgehead atoms. The molecule has 2 aliphatic rings. The molecule has 0 radical (unpaired) electrons. The second-order valence-electron chi connectivity index (χ2n) is 10.4. The van der Waals surface area contributed by atoms with Crippen LogP contribution in [0.1, 0.15) is 42.6 Å². The maximum Gasteiger partial charge on any atom is 0.318 e. The number of carbonyl (C=O) groups excluding carboxylic acids is 1. The molecule has 12 heteroatoms. The first-order valence-electron chi connectivity index (χ1n) is 13.1. The van der Waals surface area contributed by atoms with Crippen LogP contribution in [0.15, 0.2) is 48.9 Å². The summed E-state index contributed by atoms with van der Waals surface area (Å²) < 4.78 is 14.6. The van der Waals surface area contributed by atoms with Crippen LogP contribution in [0.2, 0.25) is 0 Å². The van der Waals surface area contributed by atoms with E-state index in [1.807, 2.05) is 36.9 Å². The Balaban J connectivity index is 1.10. The highest BCUT2D eigenvalue weighted by atomic mass is 19.1. The largest absolute Gasteiger partial charge is 0.352 e. The predicted octanol–water partition coefficient (Wildman–Crippen LogP) is 4.01. The Labute approximate surface area is 225 Å². The van der Waals surface area contributed by atoms with Crippen LogP contribution in [0.3, 0.4) is 0 Å². The number of nitrogens with one attached hydrogen (secondary N) is 3. The summed E-state index contributed by atoms with van der Waals surface area (Å²) in [5, 5.41) is 17.5. The van der Waals surface area contributed by atoms with Gasteiger partial charge in [-0.1, -0.05) is 6.07 Å². The molecule has 0 unspecified atom stereocenters. The number of hydrogen-bond acceptors (Lipinski definition) is 7. The molecule has 0 spiro atoms. The molecule has 2 fully saturated rings. The fourth-order valence-electron chi connectivity index (χ4n) is 5.47. The van der Waals surface area contributed by atoms with Crippen LogP contribution >= 0.6 is 0 Å². The first-order valence-corrected chi connectivity index (χ1v) is 13.1. The summed E-state index contributed by atoms with van der Waals surface area (Å²) in [6.45, 7) is 7.41.